The lowest BCUT2D eigenvalue weighted by Crippen LogP contribution is -2.04. The van der Waals surface area contributed by atoms with E-state index in [1.807, 2.05) is 37.4 Å². The Morgan fingerprint density at radius 3 is 2.95 bits per heavy atom. The summed E-state index contributed by atoms with van der Waals surface area (Å²) in [6.45, 7) is 2.74. The Bertz CT molecular complexity index is 770. The van der Waals surface area contributed by atoms with Crippen molar-refractivity contribution in [1.82, 2.24) is 15.0 Å². The molecule has 2 heterocycles. The van der Waals surface area contributed by atoms with E-state index in [0.717, 1.165) is 23.0 Å². The van der Waals surface area contributed by atoms with Crippen molar-refractivity contribution in [1.29, 1.82) is 0 Å². The molecular formula is C15H14ClN5. The summed E-state index contributed by atoms with van der Waals surface area (Å²) in [5.74, 6) is 1.12. The molecule has 5 nitrogen and oxygen atoms in total. The third-order valence-corrected chi connectivity index (χ3v) is 3.29. The SMILES string of the molecule is CCNc1ncc(Cl)c(Nc2cccc3cnccc23)n1. The molecule has 2 aromatic heterocycles. The first-order valence-electron chi connectivity index (χ1n) is 6.64. The number of nitrogens with one attached hydrogen (secondary N) is 2. The molecule has 0 radical (unpaired) electrons. The van der Waals surface area contributed by atoms with E-state index in [0.29, 0.717) is 16.8 Å². The summed E-state index contributed by atoms with van der Waals surface area (Å²) in [6.07, 6.45) is 5.17. The minimum Gasteiger partial charge on any atom is -0.354 e. The van der Waals surface area contributed by atoms with Crippen LogP contribution in [0, 0.1) is 0 Å². The van der Waals surface area contributed by atoms with Crippen LogP contribution in [0.15, 0.2) is 42.9 Å². The van der Waals surface area contributed by atoms with Gasteiger partial charge in [0.15, 0.2) is 5.82 Å². The number of halogens is 1. The number of hydrogen-bond acceptors (Lipinski definition) is 5. The Balaban J connectivity index is 2.00. The first-order chi connectivity index (χ1) is 10.3. The molecule has 0 saturated carbocycles. The van der Waals surface area contributed by atoms with Gasteiger partial charge in [-0.25, -0.2) is 4.98 Å². The fourth-order valence-corrected chi connectivity index (χ4v) is 2.20. The number of nitrogens with zero attached hydrogens (tertiary/aromatic N) is 3. The highest BCUT2D eigenvalue weighted by Crippen LogP contribution is 2.28. The Morgan fingerprint density at radius 2 is 2.10 bits per heavy atom. The molecule has 6 heteroatoms. The fraction of sp³-hybridized carbons (Fsp3) is 0.133. The van der Waals surface area contributed by atoms with Gasteiger partial charge in [-0.05, 0) is 19.1 Å². The van der Waals surface area contributed by atoms with E-state index in [2.05, 4.69) is 25.6 Å². The highest BCUT2D eigenvalue weighted by molar-refractivity contribution is 6.33. The van der Waals surface area contributed by atoms with E-state index in [1.165, 1.54) is 0 Å². The van der Waals surface area contributed by atoms with Crippen molar-refractivity contribution in [2.24, 2.45) is 0 Å². The van der Waals surface area contributed by atoms with Gasteiger partial charge in [0.25, 0.3) is 0 Å². The van der Waals surface area contributed by atoms with Crippen LogP contribution < -0.4 is 10.6 Å². The second-order valence-electron chi connectivity index (χ2n) is 4.45. The van der Waals surface area contributed by atoms with Crippen LogP contribution in [-0.2, 0) is 0 Å². The molecule has 0 bridgehead atoms. The summed E-state index contributed by atoms with van der Waals surface area (Å²) >= 11 is 6.17. The van der Waals surface area contributed by atoms with Crippen molar-refractivity contribution in [2.75, 3.05) is 17.2 Å². The third-order valence-electron chi connectivity index (χ3n) is 3.01. The summed E-state index contributed by atoms with van der Waals surface area (Å²) in [6, 6.07) is 7.91. The maximum absolute atomic E-state index is 6.17. The lowest BCUT2D eigenvalue weighted by atomic mass is 10.1. The van der Waals surface area contributed by atoms with Crippen LogP contribution in [0.4, 0.5) is 17.5 Å². The zero-order valence-electron chi connectivity index (χ0n) is 11.5. The van der Waals surface area contributed by atoms with Crippen molar-refractivity contribution >= 4 is 39.8 Å². The van der Waals surface area contributed by atoms with Crippen LogP contribution in [0.1, 0.15) is 6.92 Å². The first kappa shape index (κ1) is 13.6. The molecule has 0 fully saturated rings. The average Bonchev–Trinajstić information content (AvgIpc) is 2.51. The molecular weight excluding hydrogens is 286 g/mol. The number of rotatable bonds is 4. The van der Waals surface area contributed by atoms with Crippen LogP contribution in [0.3, 0.4) is 0 Å². The van der Waals surface area contributed by atoms with Crippen LogP contribution >= 0.6 is 11.6 Å². The lowest BCUT2D eigenvalue weighted by Gasteiger charge is -2.11. The van der Waals surface area contributed by atoms with Gasteiger partial charge in [0, 0.05) is 35.4 Å². The van der Waals surface area contributed by atoms with Gasteiger partial charge in [-0.2, -0.15) is 4.98 Å². The summed E-state index contributed by atoms with van der Waals surface area (Å²) < 4.78 is 0. The second-order valence-corrected chi connectivity index (χ2v) is 4.86. The predicted octanol–water partition coefficient (Wildman–Crippen LogP) is 3.85. The Kier molecular flexibility index (Phi) is 3.83. The molecule has 0 spiro atoms. The topological polar surface area (TPSA) is 62.7 Å². The molecule has 1 aromatic carbocycles. The lowest BCUT2D eigenvalue weighted by molar-refractivity contribution is 1.09. The van der Waals surface area contributed by atoms with Gasteiger partial charge >= 0.3 is 0 Å². The van der Waals surface area contributed by atoms with Crippen molar-refractivity contribution in [3.8, 4) is 0 Å². The third kappa shape index (κ3) is 2.87. The van der Waals surface area contributed by atoms with Gasteiger partial charge in [0.1, 0.15) is 5.02 Å². The van der Waals surface area contributed by atoms with Crippen molar-refractivity contribution < 1.29 is 0 Å². The van der Waals surface area contributed by atoms with Crippen molar-refractivity contribution in [3.63, 3.8) is 0 Å². The summed E-state index contributed by atoms with van der Waals surface area (Å²) in [5.41, 5.74) is 0.929. The predicted molar refractivity (Wildman–Crippen MR) is 86.2 cm³/mol. The molecule has 0 aliphatic rings. The highest BCUT2D eigenvalue weighted by atomic mass is 35.5. The van der Waals surface area contributed by atoms with Gasteiger partial charge in [-0.15, -0.1) is 0 Å². The molecule has 106 valence electrons. The molecule has 0 unspecified atom stereocenters. The molecule has 3 rings (SSSR count). The van der Waals surface area contributed by atoms with Crippen LogP contribution in [0.25, 0.3) is 10.8 Å². The maximum Gasteiger partial charge on any atom is 0.224 e. The van der Waals surface area contributed by atoms with E-state index in [-0.39, 0.29) is 0 Å². The number of aromatic nitrogens is 3. The van der Waals surface area contributed by atoms with Gasteiger partial charge in [-0.3, -0.25) is 4.98 Å². The number of fused-ring (bicyclic) bond motifs is 1. The van der Waals surface area contributed by atoms with E-state index >= 15 is 0 Å². The largest absolute Gasteiger partial charge is 0.354 e. The maximum atomic E-state index is 6.17. The minimum absolute atomic E-state index is 0.475. The molecule has 0 saturated heterocycles. The summed E-state index contributed by atoms with van der Waals surface area (Å²) in [7, 11) is 0. The fourth-order valence-electron chi connectivity index (χ4n) is 2.06. The number of anilines is 3. The monoisotopic (exact) mass is 299 g/mol. The number of benzene rings is 1. The molecule has 3 aromatic rings. The molecule has 0 atom stereocenters. The zero-order valence-corrected chi connectivity index (χ0v) is 12.2. The van der Waals surface area contributed by atoms with E-state index in [9.17, 15) is 0 Å². The van der Waals surface area contributed by atoms with Crippen LogP contribution in [-0.4, -0.2) is 21.5 Å². The first-order valence-corrected chi connectivity index (χ1v) is 7.02. The Morgan fingerprint density at radius 1 is 1.19 bits per heavy atom. The molecule has 0 aliphatic heterocycles. The van der Waals surface area contributed by atoms with Crippen LogP contribution in [0.5, 0.6) is 0 Å². The highest BCUT2D eigenvalue weighted by Gasteiger charge is 2.07. The average molecular weight is 300 g/mol. The van der Waals surface area contributed by atoms with Gasteiger partial charge < -0.3 is 10.6 Å². The number of hydrogen-bond donors (Lipinski definition) is 2. The van der Waals surface area contributed by atoms with Gasteiger partial charge in [0.2, 0.25) is 5.95 Å². The molecule has 21 heavy (non-hydrogen) atoms. The quantitative estimate of drug-likeness (QED) is 0.766. The summed E-state index contributed by atoms with van der Waals surface area (Å²) in [4.78, 5) is 12.6. The smallest absolute Gasteiger partial charge is 0.224 e. The van der Waals surface area contributed by atoms with Gasteiger partial charge in [-0.1, -0.05) is 23.7 Å². The summed E-state index contributed by atoms with van der Waals surface area (Å²) in [5, 5.41) is 8.92. The van der Waals surface area contributed by atoms with Crippen molar-refractivity contribution in [3.05, 3.63) is 47.9 Å². The molecule has 0 aliphatic carbocycles. The standard InChI is InChI=1S/C15H14ClN5/c1-2-18-15-19-9-12(16)14(21-15)20-13-5-3-4-10-8-17-7-6-11(10)13/h3-9H,2H2,1H3,(H2,18,19,20,21). The Labute approximate surface area is 127 Å². The normalized spacial score (nSPS) is 10.6. The second kappa shape index (κ2) is 5.93. The van der Waals surface area contributed by atoms with Gasteiger partial charge in [0.05, 0.1) is 6.20 Å². The van der Waals surface area contributed by atoms with E-state index in [1.54, 1.807) is 12.4 Å². The van der Waals surface area contributed by atoms with E-state index in [4.69, 9.17) is 11.6 Å². The minimum atomic E-state index is 0.475. The van der Waals surface area contributed by atoms with E-state index < -0.39 is 0 Å². The van der Waals surface area contributed by atoms with Crippen LogP contribution in [0.2, 0.25) is 5.02 Å². The molecule has 0 amide bonds. The van der Waals surface area contributed by atoms with Crippen molar-refractivity contribution in [2.45, 2.75) is 6.92 Å². The molecule has 2 N–H and O–H groups in total. The number of pyridine rings is 1. The zero-order chi connectivity index (χ0) is 14.7. The Hall–Kier alpha value is -2.40.